The molecule has 1 atom stereocenters. The Bertz CT molecular complexity index is 453. The minimum absolute atomic E-state index is 0.0521. The fourth-order valence-electron chi connectivity index (χ4n) is 3.26. The van der Waals surface area contributed by atoms with Crippen molar-refractivity contribution in [3.63, 3.8) is 0 Å². The number of rotatable bonds is 14. The first-order chi connectivity index (χ1) is 12.6. The smallest absolute Gasteiger partial charge is 0.303 e. The van der Waals surface area contributed by atoms with Gasteiger partial charge in [-0.1, -0.05) is 47.5 Å². The summed E-state index contributed by atoms with van der Waals surface area (Å²) in [7, 11) is 0. The van der Waals surface area contributed by atoms with Gasteiger partial charge in [0.1, 0.15) is 6.04 Å². The van der Waals surface area contributed by atoms with Gasteiger partial charge in [0.2, 0.25) is 11.8 Å². The van der Waals surface area contributed by atoms with Gasteiger partial charge in [0, 0.05) is 32.5 Å². The van der Waals surface area contributed by atoms with Gasteiger partial charge in [-0.15, -0.1) is 0 Å². The molecule has 0 bridgehead atoms. The molecule has 0 aliphatic rings. The van der Waals surface area contributed by atoms with Gasteiger partial charge >= 0.3 is 5.97 Å². The van der Waals surface area contributed by atoms with Crippen molar-refractivity contribution in [2.45, 2.75) is 86.1 Å². The molecule has 0 aromatic rings. The van der Waals surface area contributed by atoms with Gasteiger partial charge in [-0.2, -0.15) is 0 Å². The molecule has 0 aliphatic heterocycles. The predicted molar refractivity (Wildman–Crippen MR) is 108 cm³/mol. The Morgan fingerprint density at radius 2 is 1.44 bits per heavy atom. The van der Waals surface area contributed by atoms with Crippen LogP contribution < -0.4 is 0 Å². The summed E-state index contributed by atoms with van der Waals surface area (Å²) in [4.78, 5) is 40.5. The molecule has 0 aromatic heterocycles. The first kappa shape index (κ1) is 25.4. The molecule has 0 spiro atoms. The average Bonchev–Trinajstić information content (AvgIpc) is 2.56. The van der Waals surface area contributed by atoms with Crippen LogP contribution in [-0.2, 0) is 14.4 Å². The van der Waals surface area contributed by atoms with Crippen LogP contribution in [0.15, 0.2) is 0 Å². The summed E-state index contributed by atoms with van der Waals surface area (Å²) in [5.41, 5.74) is 0. The van der Waals surface area contributed by atoms with Gasteiger partial charge in [0.05, 0.1) is 0 Å². The van der Waals surface area contributed by atoms with Crippen LogP contribution in [-0.4, -0.2) is 58.4 Å². The number of aliphatic carboxylic acids is 1. The molecular formula is C21H40N2O4. The van der Waals surface area contributed by atoms with E-state index in [-0.39, 0.29) is 24.7 Å². The van der Waals surface area contributed by atoms with Gasteiger partial charge in [0.15, 0.2) is 0 Å². The van der Waals surface area contributed by atoms with Crippen LogP contribution in [0.4, 0.5) is 0 Å². The van der Waals surface area contributed by atoms with E-state index in [4.69, 9.17) is 5.11 Å². The topological polar surface area (TPSA) is 77.9 Å². The van der Waals surface area contributed by atoms with E-state index < -0.39 is 12.0 Å². The zero-order valence-corrected chi connectivity index (χ0v) is 18.2. The molecule has 0 aromatic carbocycles. The van der Waals surface area contributed by atoms with E-state index in [2.05, 4.69) is 34.6 Å². The molecule has 6 nitrogen and oxygen atoms in total. The number of carboxylic acid groups (broad SMARTS) is 1. The Hall–Kier alpha value is -1.59. The van der Waals surface area contributed by atoms with Gasteiger partial charge in [-0.05, 0) is 31.6 Å². The van der Waals surface area contributed by atoms with Gasteiger partial charge in [-0.25, -0.2) is 0 Å². The summed E-state index contributed by atoms with van der Waals surface area (Å²) in [6.07, 6.45) is 3.25. The van der Waals surface area contributed by atoms with Crippen molar-refractivity contribution in [1.82, 2.24) is 9.80 Å². The summed E-state index contributed by atoms with van der Waals surface area (Å²) >= 11 is 0. The largest absolute Gasteiger partial charge is 0.481 e. The number of carbonyl (C=O) groups excluding carboxylic acids is 2. The number of hydrogen-bond donors (Lipinski definition) is 1. The molecule has 27 heavy (non-hydrogen) atoms. The zero-order chi connectivity index (χ0) is 21.0. The van der Waals surface area contributed by atoms with Crippen LogP contribution >= 0.6 is 0 Å². The maximum atomic E-state index is 13.3. The lowest BCUT2D eigenvalue weighted by atomic mass is 10.0. The second-order valence-electron chi connectivity index (χ2n) is 8.12. The molecule has 0 radical (unpaired) electrons. The molecule has 0 aliphatic carbocycles. The molecule has 2 amide bonds. The van der Waals surface area contributed by atoms with Crippen molar-refractivity contribution >= 4 is 17.8 Å². The first-order valence-corrected chi connectivity index (χ1v) is 10.4. The first-order valence-electron chi connectivity index (χ1n) is 10.4. The molecule has 0 saturated carbocycles. The fraction of sp³-hybridized carbons (Fsp3) is 0.857. The number of amides is 2. The van der Waals surface area contributed by atoms with Crippen LogP contribution in [0.2, 0.25) is 0 Å². The van der Waals surface area contributed by atoms with E-state index in [1.54, 1.807) is 4.90 Å². The molecule has 6 heteroatoms. The lowest BCUT2D eigenvalue weighted by molar-refractivity contribution is -0.148. The van der Waals surface area contributed by atoms with E-state index >= 15 is 0 Å². The maximum Gasteiger partial charge on any atom is 0.303 e. The normalized spacial score (nSPS) is 12.3. The number of likely N-dealkylation sites (N-methyl/N-ethyl adjacent to an activating group) is 1. The zero-order valence-electron chi connectivity index (χ0n) is 18.2. The second kappa shape index (κ2) is 13.6. The number of carbonyl (C=O) groups is 3. The van der Waals surface area contributed by atoms with Crippen molar-refractivity contribution in [3.05, 3.63) is 0 Å². The third kappa shape index (κ3) is 10.4. The Morgan fingerprint density at radius 1 is 0.889 bits per heavy atom. The van der Waals surface area contributed by atoms with E-state index in [0.29, 0.717) is 37.9 Å². The molecule has 158 valence electrons. The Morgan fingerprint density at radius 3 is 1.85 bits per heavy atom. The monoisotopic (exact) mass is 384 g/mol. The van der Waals surface area contributed by atoms with Crippen molar-refractivity contribution in [2.75, 3.05) is 19.6 Å². The minimum atomic E-state index is -0.943. The van der Waals surface area contributed by atoms with Crippen LogP contribution in [0.1, 0.15) is 80.1 Å². The molecule has 0 fully saturated rings. The lowest BCUT2D eigenvalue weighted by Crippen LogP contribution is -2.52. The summed E-state index contributed by atoms with van der Waals surface area (Å²) < 4.78 is 0. The van der Waals surface area contributed by atoms with Crippen molar-refractivity contribution in [3.8, 4) is 0 Å². The quantitative estimate of drug-likeness (QED) is 0.462. The number of unbranched alkanes of at least 4 members (excludes halogenated alkanes) is 2. The third-order valence-corrected chi connectivity index (χ3v) is 4.43. The standard InChI is InChI=1S/C21H40N2O4/c1-7-9-10-11-19(24)23(8-2)18(12-13-20(25)26)21(27)22(14-16(3)4)15-17(5)6/h16-18H,7-15H2,1-6H3,(H,25,26)/t18-/m0/s1. The summed E-state index contributed by atoms with van der Waals surface area (Å²) in [6.45, 7) is 13.8. The van der Waals surface area contributed by atoms with Crippen LogP contribution in [0.25, 0.3) is 0 Å². The highest BCUT2D eigenvalue weighted by Gasteiger charge is 2.32. The number of nitrogens with zero attached hydrogens (tertiary/aromatic N) is 2. The summed E-state index contributed by atoms with van der Waals surface area (Å²) in [5, 5.41) is 9.11. The van der Waals surface area contributed by atoms with Crippen molar-refractivity contribution < 1.29 is 19.5 Å². The molecule has 0 saturated heterocycles. The SMILES string of the molecule is CCCCCC(=O)N(CC)[C@@H](CCC(=O)O)C(=O)N(CC(C)C)CC(C)C. The predicted octanol–water partition coefficient (Wildman–Crippen LogP) is 3.79. The minimum Gasteiger partial charge on any atom is -0.481 e. The highest BCUT2D eigenvalue weighted by molar-refractivity contribution is 5.88. The Labute approximate surface area is 165 Å². The summed E-state index contributed by atoms with van der Waals surface area (Å²) in [5.74, 6) is -0.499. The molecular weight excluding hydrogens is 344 g/mol. The van der Waals surface area contributed by atoms with Crippen molar-refractivity contribution in [1.29, 1.82) is 0 Å². The van der Waals surface area contributed by atoms with Crippen molar-refractivity contribution in [2.24, 2.45) is 11.8 Å². The highest BCUT2D eigenvalue weighted by Crippen LogP contribution is 2.16. The summed E-state index contributed by atoms with van der Waals surface area (Å²) in [6, 6.07) is -0.697. The van der Waals surface area contributed by atoms with E-state index in [1.807, 2.05) is 11.8 Å². The van der Waals surface area contributed by atoms with E-state index in [1.165, 1.54) is 0 Å². The number of hydrogen-bond acceptors (Lipinski definition) is 3. The second-order valence-corrected chi connectivity index (χ2v) is 8.12. The van der Waals surface area contributed by atoms with Crippen LogP contribution in [0, 0.1) is 11.8 Å². The van der Waals surface area contributed by atoms with E-state index in [9.17, 15) is 14.4 Å². The molecule has 0 unspecified atom stereocenters. The number of carboxylic acids is 1. The van der Waals surface area contributed by atoms with Crippen LogP contribution in [0.3, 0.4) is 0 Å². The Kier molecular flexibility index (Phi) is 12.8. The Balaban J connectivity index is 5.49. The van der Waals surface area contributed by atoms with Gasteiger partial charge in [-0.3, -0.25) is 14.4 Å². The fourth-order valence-corrected chi connectivity index (χ4v) is 3.26. The molecule has 1 N–H and O–H groups in total. The van der Waals surface area contributed by atoms with Crippen LogP contribution in [0.5, 0.6) is 0 Å². The van der Waals surface area contributed by atoms with Gasteiger partial charge < -0.3 is 14.9 Å². The maximum absolute atomic E-state index is 13.3. The average molecular weight is 385 g/mol. The molecule has 0 heterocycles. The highest BCUT2D eigenvalue weighted by atomic mass is 16.4. The molecule has 0 rings (SSSR count). The lowest BCUT2D eigenvalue weighted by Gasteiger charge is -2.35. The third-order valence-electron chi connectivity index (χ3n) is 4.43. The van der Waals surface area contributed by atoms with E-state index in [0.717, 1.165) is 19.3 Å². The van der Waals surface area contributed by atoms with Gasteiger partial charge in [0.25, 0.3) is 0 Å².